The van der Waals surface area contributed by atoms with Gasteiger partial charge in [-0.05, 0) is 36.2 Å². The highest BCUT2D eigenvalue weighted by Gasteiger charge is 2.18. The molecule has 0 bridgehead atoms. The van der Waals surface area contributed by atoms with Crippen molar-refractivity contribution in [1.29, 1.82) is 0 Å². The molecule has 1 aliphatic rings. The predicted octanol–water partition coefficient (Wildman–Crippen LogP) is 2.30. The van der Waals surface area contributed by atoms with Crippen molar-refractivity contribution >= 4 is 11.6 Å². The SMILES string of the molecule is Cc1ccc(C(=O)NCC(O)c2ccc3c(c2)CCO3)cc1[N+](=O)[O-]. The molecule has 1 amide bonds. The predicted molar refractivity (Wildman–Crippen MR) is 90.8 cm³/mol. The van der Waals surface area contributed by atoms with Gasteiger partial charge in [-0.3, -0.25) is 14.9 Å². The van der Waals surface area contributed by atoms with Gasteiger partial charge in [0.05, 0.1) is 17.6 Å². The lowest BCUT2D eigenvalue weighted by Crippen LogP contribution is -2.28. The van der Waals surface area contributed by atoms with Crippen LogP contribution in [0.15, 0.2) is 36.4 Å². The van der Waals surface area contributed by atoms with Gasteiger partial charge in [0.25, 0.3) is 11.6 Å². The molecule has 1 heterocycles. The van der Waals surface area contributed by atoms with Gasteiger partial charge < -0.3 is 15.2 Å². The molecule has 1 unspecified atom stereocenters. The monoisotopic (exact) mass is 342 g/mol. The summed E-state index contributed by atoms with van der Waals surface area (Å²) in [5.41, 5.74) is 2.30. The molecule has 2 N–H and O–H groups in total. The summed E-state index contributed by atoms with van der Waals surface area (Å²) < 4.78 is 5.42. The molecule has 0 saturated heterocycles. The number of hydrogen-bond acceptors (Lipinski definition) is 5. The second-order valence-electron chi connectivity index (χ2n) is 5.95. The van der Waals surface area contributed by atoms with Gasteiger partial charge in [0.2, 0.25) is 0 Å². The Kier molecular flexibility index (Phi) is 4.67. The van der Waals surface area contributed by atoms with Crippen molar-refractivity contribution in [3.05, 3.63) is 68.8 Å². The minimum atomic E-state index is -0.865. The highest BCUT2D eigenvalue weighted by molar-refractivity contribution is 5.95. The van der Waals surface area contributed by atoms with Crippen LogP contribution < -0.4 is 10.1 Å². The average molecular weight is 342 g/mol. The highest BCUT2D eigenvalue weighted by atomic mass is 16.6. The lowest BCUT2D eigenvalue weighted by molar-refractivity contribution is -0.385. The first-order chi connectivity index (χ1) is 12.0. The summed E-state index contributed by atoms with van der Waals surface area (Å²) in [7, 11) is 0. The van der Waals surface area contributed by atoms with Crippen LogP contribution in [0.5, 0.6) is 5.75 Å². The molecule has 25 heavy (non-hydrogen) atoms. The van der Waals surface area contributed by atoms with E-state index < -0.39 is 16.9 Å². The summed E-state index contributed by atoms with van der Waals surface area (Å²) in [4.78, 5) is 22.6. The van der Waals surface area contributed by atoms with E-state index in [0.717, 1.165) is 17.7 Å². The Balaban J connectivity index is 1.66. The van der Waals surface area contributed by atoms with Crippen LogP contribution >= 0.6 is 0 Å². The Morgan fingerprint density at radius 3 is 2.92 bits per heavy atom. The third-order valence-electron chi connectivity index (χ3n) is 4.22. The number of aliphatic hydroxyl groups excluding tert-OH is 1. The Bertz CT molecular complexity index is 834. The van der Waals surface area contributed by atoms with Crippen molar-refractivity contribution < 1.29 is 19.6 Å². The van der Waals surface area contributed by atoms with E-state index in [1.165, 1.54) is 18.2 Å². The molecule has 0 fully saturated rings. The topological polar surface area (TPSA) is 102 Å². The van der Waals surface area contributed by atoms with Crippen molar-refractivity contribution in [2.24, 2.45) is 0 Å². The van der Waals surface area contributed by atoms with Gasteiger partial charge in [-0.1, -0.05) is 12.1 Å². The number of nitrogens with one attached hydrogen (secondary N) is 1. The van der Waals surface area contributed by atoms with Gasteiger partial charge in [-0.15, -0.1) is 0 Å². The van der Waals surface area contributed by atoms with Crippen LogP contribution in [-0.4, -0.2) is 29.1 Å². The third-order valence-corrected chi connectivity index (χ3v) is 4.22. The second-order valence-corrected chi connectivity index (χ2v) is 5.95. The van der Waals surface area contributed by atoms with Gasteiger partial charge in [0.1, 0.15) is 5.75 Å². The Labute approximate surface area is 144 Å². The number of rotatable bonds is 5. The fourth-order valence-electron chi connectivity index (χ4n) is 2.77. The van der Waals surface area contributed by atoms with Crippen molar-refractivity contribution in [1.82, 2.24) is 5.32 Å². The quantitative estimate of drug-likeness (QED) is 0.641. The van der Waals surface area contributed by atoms with Crippen LogP contribution in [0.2, 0.25) is 0 Å². The molecule has 1 aliphatic heterocycles. The lowest BCUT2D eigenvalue weighted by atomic mass is 10.0. The molecule has 7 heteroatoms. The molecule has 0 aromatic heterocycles. The molecule has 0 radical (unpaired) electrons. The second kappa shape index (κ2) is 6.90. The van der Waals surface area contributed by atoms with Crippen molar-refractivity contribution in [2.75, 3.05) is 13.2 Å². The largest absolute Gasteiger partial charge is 0.493 e. The minimum absolute atomic E-state index is 0.0140. The zero-order chi connectivity index (χ0) is 18.0. The van der Waals surface area contributed by atoms with E-state index in [-0.39, 0.29) is 17.8 Å². The number of benzene rings is 2. The van der Waals surface area contributed by atoms with E-state index in [1.807, 2.05) is 12.1 Å². The van der Waals surface area contributed by atoms with E-state index in [9.17, 15) is 20.0 Å². The zero-order valence-corrected chi connectivity index (χ0v) is 13.7. The molecule has 0 saturated carbocycles. The fourth-order valence-corrected chi connectivity index (χ4v) is 2.77. The molecule has 1 atom stereocenters. The van der Waals surface area contributed by atoms with Crippen LogP contribution in [0, 0.1) is 17.0 Å². The normalized spacial score (nSPS) is 13.7. The Hall–Kier alpha value is -2.93. The number of fused-ring (bicyclic) bond motifs is 1. The number of carbonyl (C=O) groups is 1. The average Bonchev–Trinajstić information content (AvgIpc) is 3.07. The fraction of sp³-hybridized carbons (Fsp3) is 0.278. The molecule has 2 aromatic rings. The zero-order valence-electron chi connectivity index (χ0n) is 13.7. The highest BCUT2D eigenvalue weighted by Crippen LogP contribution is 2.28. The molecule has 0 spiro atoms. The molecule has 2 aromatic carbocycles. The number of nitro benzene ring substituents is 1. The Morgan fingerprint density at radius 1 is 1.36 bits per heavy atom. The molecule has 130 valence electrons. The number of aliphatic hydroxyl groups is 1. The van der Waals surface area contributed by atoms with Crippen LogP contribution in [0.1, 0.15) is 33.2 Å². The van der Waals surface area contributed by atoms with Crippen LogP contribution in [0.4, 0.5) is 5.69 Å². The third kappa shape index (κ3) is 3.61. The Morgan fingerprint density at radius 2 is 2.16 bits per heavy atom. The summed E-state index contributed by atoms with van der Waals surface area (Å²) in [6, 6.07) is 9.74. The molecular weight excluding hydrogens is 324 g/mol. The van der Waals surface area contributed by atoms with Gasteiger partial charge in [0.15, 0.2) is 0 Å². The molecule has 7 nitrogen and oxygen atoms in total. The van der Waals surface area contributed by atoms with E-state index in [4.69, 9.17) is 4.74 Å². The standard InChI is InChI=1S/C18H18N2O5/c1-11-2-3-14(9-15(11)20(23)24)18(22)19-10-16(21)12-4-5-17-13(8-12)6-7-25-17/h2-5,8-9,16,21H,6-7,10H2,1H3,(H,19,22). The number of carbonyl (C=O) groups excluding carboxylic acids is 1. The smallest absolute Gasteiger partial charge is 0.273 e. The van der Waals surface area contributed by atoms with E-state index in [0.29, 0.717) is 17.7 Å². The van der Waals surface area contributed by atoms with E-state index >= 15 is 0 Å². The van der Waals surface area contributed by atoms with Gasteiger partial charge in [-0.2, -0.15) is 0 Å². The van der Waals surface area contributed by atoms with Gasteiger partial charge >= 0.3 is 0 Å². The van der Waals surface area contributed by atoms with Gasteiger partial charge in [0, 0.05) is 30.2 Å². The lowest BCUT2D eigenvalue weighted by Gasteiger charge is -2.13. The molecule has 0 aliphatic carbocycles. The summed E-state index contributed by atoms with van der Waals surface area (Å²) in [6.45, 7) is 2.26. The number of aryl methyl sites for hydroxylation is 1. The van der Waals surface area contributed by atoms with Crippen molar-refractivity contribution in [2.45, 2.75) is 19.4 Å². The summed E-state index contributed by atoms with van der Waals surface area (Å²) >= 11 is 0. The summed E-state index contributed by atoms with van der Waals surface area (Å²) in [5.74, 6) is 0.360. The van der Waals surface area contributed by atoms with Crippen molar-refractivity contribution in [3.8, 4) is 5.75 Å². The molecule has 3 rings (SSSR count). The van der Waals surface area contributed by atoms with Crippen LogP contribution in [0.25, 0.3) is 0 Å². The maximum absolute atomic E-state index is 12.2. The number of amides is 1. The van der Waals surface area contributed by atoms with E-state index in [1.54, 1.807) is 13.0 Å². The number of nitrogens with zero attached hydrogens (tertiary/aromatic N) is 1. The maximum Gasteiger partial charge on any atom is 0.273 e. The first kappa shape index (κ1) is 16.9. The van der Waals surface area contributed by atoms with Gasteiger partial charge in [-0.25, -0.2) is 0 Å². The van der Waals surface area contributed by atoms with Crippen molar-refractivity contribution in [3.63, 3.8) is 0 Å². The first-order valence-electron chi connectivity index (χ1n) is 7.92. The maximum atomic E-state index is 12.2. The first-order valence-corrected chi connectivity index (χ1v) is 7.92. The van der Waals surface area contributed by atoms with Crippen LogP contribution in [0.3, 0.4) is 0 Å². The van der Waals surface area contributed by atoms with Crippen LogP contribution in [-0.2, 0) is 6.42 Å². The number of hydrogen-bond donors (Lipinski definition) is 2. The van der Waals surface area contributed by atoms with E-state index in [2.05, 4.69) is 5.32 Å². The minimum Gasteiger partial charge on any atom is -0.493 e. The summed E-state index contributed by atoms with van der Waals surface area (Å²) in [5, 5.41) is 23.8. The summed E-state index contributed by atoms with van der Waals surface area (Å²) in [6.07, 6.45) is -0.0646. The molecular formula is C18H18N2O5. The number of nitro groups is 1. The number of ether oxygens (including phenoxy) is 1.